The summed E-state index contributed by atoms with van der Waals surface area (Å²) in [6.45, 7) is 7.82. The van der Waals surface area contributed by atoms with Crippen molar-refractivity contribution < 1.29 is 23.8 Å². The van der Waals surface area contributed by atoms with Gasteiger partial charge in [-0.25, -0.2) is 0 Å². The first-order chi connectivity index (χ1) is 20.1. The molecule has 42 heavy (non-hydrogen) atoms. The zero-order valence-electron chi connectivity index (χ0n) is 24.1. The van der Waals surface area contributed by atoms with Crippen molar-refractivity contribution in [3.05, 3.63) is 74.2 Å². The summed E-state index contributed by atoms with van der Waals surface area (Å²) in [6.07, 6.45) is 5.32. The molecular weight excluding hydrogens is 552 g/mol. The Balaban J connectivity index is 1.66. The number of rotatable bonds is 12. The maximum atomic E-state index is 11.1. The zero-order chi connectivity index (χ0) is 30.7. The van der Waals surface area contributed by atoms with Crippen LogP contribution in [0.5, 0.6) is 0 Å². The Labute approximate surface area is 250 Å². The maximum Gasteiger partial charge on any atom is 0.302 e. The Morgan fingerprint density at radius 2 is 1.55 bits per heavy atom. The van der Waals surface area contributed by atoms with Gasteiger partial charge in [0.2, 0.25) is 0 Å². The van der Waals surface area contributed by atoms with Crippen LogP contribution >= 0.6 is 11.3 Å². The summed E-state index contributed by atoms with van der Waals surface area (Å²) in [5.74, 6) is -0.618. The Kier molecular flexibility index (Phi) is 11.1. The number of aryl methyl sites for hydroxylation is 1. The van der Waals surface area contributed by atoms with Crippen LogP contribution in [0, 0.1) is 34.0 Å². The smallest absolute Gasteiger partial charge is 0.302 e. The molecule has 0 spiro atoms. The Bertz CT molecular complexity index is 1490. The number of nitrogens with zero attached hydrogens (tertiary/aromatic N) is 4. The third-order valence-corrected chi connectivity index (χ3v) is 7.62. The van der Waals surface area contributed by atoms with E-state index in [9.17, 15) is 25.4 Å². The molecule has 0 atom stereocenters. The Morgan fingerprint density at radius 3 is 2.10 bits per heavy atom. The van der Waals surface area contributed by atoms with Gasteiger partial charge in [-0.05, 0) is 68.2 Å². The van der Waals surface area contributed by atoms with Crippen LogP contribution in [0.3, 0.4) is 0 Å². The molecule has 0 unspecified atom stereocenters. The highest BCUT2D eigenvalue weighted by Gasteiger charge is 2.39. The lowest BCUT2D eigenvalue weighted by Gasteiger charge is -2.24. The molecule has 2 aromatic rings. The molecule has 1 aliphatic rings. The summed E-state index contributed by atoms with van der Waals surface area (Å²) in [4.78, 5) is 26.5. The number of anilines is 1. The molecule has 0 saturated carbocycles. The van der Waals surface area contributed by atoms with Crippen LogP contribution in [0.1, 0.15) is 49.4 Å². The van der Waals surface area contributed by atoms with E-state index in [0.29, 0.717) is 25.9 Å². The summed E-state index contributed by atoms with van der Waals surface area (Å²) in [5.41, 5.74) is 2.01. The fraction of sp³-hybridized carbons (Fsp3) is 0.344. The quantitative estimate of drug-likeness (QED) is 0.227. The van der Waals surface area contributed by atoms with Crippen LogP contribution in [-0.2, 0) is 30.2 Å². The monoisotopic (exact) mass is 584 g/mol. The van der Waals surface area contributed by atoms with Gasteiger partial charge >= 0.3 is 11.9 Å². The number of nitriles is 3. The molecule has 0 fully saturated rings. The largest absolute Gasteiger partial charge is 0.480 e. The molecule has 10 heteroatoms. The molecule has 1 aromatic heterocycles. The highest BCUT2D eigenvalue weighted by molar-refractivity contribution is 7.12. The molecule has 0 saturated heterocycles. The normalized spacial score (nSPS) is 13.6. The predicted octanol–water partition coefficient (Wildman–Crippen LogP) is 5.71. The van der Waals surface area contributed by atoms with Gasteiger partial charge in [-0.15, -0.1) is 11.3 Å². The van der Waals surface area contributed by atoms with Crippen LogP contribution in [0.15, 0.2) is 58.9 Å². The zero-order valence-corrected chi connectivity index (χ0v) is 24.9. The van der Waals surface area contributed by atoms with Gasteiger partial charge in [-0.2, -0.15) is 15.8 Å². The SMILES string of the molecule is CC(=O)OCCN(CCOC(C)=O)c1ccc(/C=C/c2ccc(CCC3=C(C#N)C(=C(C#N)C#N)OC3(C)C)s2)cc1. The summed E-state index contributed by atoms with van der Waals surface area (Å²) in [7, 11) is 0. The molecule has 3 rings (SSSR count). The Hall–Kier alpha value is -4.85. The van der Waals surface area contributed by atoms with Gasteiger partial charge in [0.05, 0.1) is 18.7 Å². The number of carbonyl (C=O) groups is 2. The second-order valence-electron chi connectivity index (χ2n) is 9.90. The van der Waals surface area contributed by atoms with Crippen LogP contribution in [0.2, 0.25) is 0 Å². The fourth-order valence-electron chi connectivity index (χ4n) is 4.46. The lowest BCUT2D eigenvalue weighted by atomic mass is 9.91. The van der Waals surface area contributed by atoms with Gasteiger partial charge in [-0.1, -0.05) is 18.2 Å². The van der Waals surface area contributed by atoms with Crippen LogP contribution in [-0.4, -0.2) is 43.8 Å². The highest BCUT2D eigenvalue weighted by Crippen LogP contribution is 2.41. The predicted molar refractivity (Wildman–Crippen MR) is 160 cm³/mol. The van der Waals surface area contributed by atoms with E-state index >= 15 is 0 Å². The fourth-order valence-corrected chi connectivity index (χ4v) is 5.38. The van der Waals surface area contributed by atoms with Crippen LogP contribution in [0.4, 0.5) is 5.69 Å². The molecule has 0 amide bonds. The van der Waals surface area contributed by atoms with Gasteiger partial charge in [0.15, 0.2) is 11.3 Å². The molecule has 0 N–H and O–H groups in total. The summed E-state index contributed by atoms with van der Waals surface area (Å²) in [6, 6.07) is 17.8. The lowest BCUT2D eigenvalue weighted by molar-refractivity contribution is -0.141. The number of ether oxygens (including phenoxy) is 3. The molecule has 216 valence electrons. The molecule has 2 heterocycles. The van der Waals surface area contributed by atoms with Crippen LogP contribution in [0.25, 0.3) is 12.2 Å². The number of thiophene rings is 1. The first-order valence-corrected chi connectivity index (χ1v) is 14.2. The van der Waals surface area contributed by atoms with E-state index in [1.165, 1.54) is 13.8 Å². The number of hydrogen-bond donors (Lipinski definition) is 0. The number of carbonyl (C=O) groups excluding carboxylic acids is 2. The van der Waals surface area contributed by atoms with Crippen molar-refractivity contribution in [2.24, 2.45) is 0 Å². The van der Waals surface area contributed by atoms with Crippen molar-refractivity contribution in [1.82, 2.24) is 0 Å². The van der Waals surface area contributed by atoms with E-state index in [-0.39, 0.29) is 42.1 Å². The van der Waals surface area contributed by atoms with Gasteiger partial charge in [0.25, 0.3) is 0 Å². The minimum Gasteiger partial charge on any atom is -0.480 e. The van der Waals surface area contributed by atoms with Crippen molar-refractivity contribution in [3.63, 3.8) is 0 Å². The second kappa shape index (κ2) is 14.7. The average molecular weight is 585 g/mol. The van der Waals surface area contributed by atoms with E-state index in [4.69, 9.17) is 14.2 Å². The minimum absolute atomic E-state index is 0.0697. The summed E-state index contributed by atoms with van der Waals surface area (Å²) < 4.78 is 16.0. The molecule has 0 bridgehead atoms. The molecule has 1 aromatic carbocycles. The number of allylic oxidation sites excluding steroid dienone is 2. The second-order valence-corrected chi connectivity index (χ2v) is 11.1. The van der Waals surface area contributed by atoms with Gasteiger partial charge < -0.3 is 19.1 Å². The van der Waals surface area contributed by atoms with Crippen molar-refractivity contribution in [1.29, 1.82) is 15.8 Å². The van der Waals surface area contributed by atoms with Crippen molar-refractivity contribution in [2.75, 3.05) is 31.2 Å². The molecule has 9 nitrogen and oxygen atoms in total. The summed E-state index contributed by atoms with van der Waals surface area (Å²) >= 11 is 1.65. The highest BCUT2D eigenvalue weighted by atomic mass is 32.1. The number of benzene rings is 1. The number of esters is 2. The van der Waals surface area contributed by atoms with E-state index < -0.39 is 5.60 Å². The minimum atomic E-state index is -0.776. The molecule has 1 aliphatic heterocycles. The van der Waals surface area contributed by atoms with E-state index in [1.54, 1.807) is 11.3 Å². The van der Waals surface area contributed by atoms with Gasteiger partial charge in [0.1, 0.15) is 37.0 Å². The van der Waals surface area contributed by atoms with E-state index in [2.05, 4.69) is 12.1 Å². The third kappa shape index (κ3) is 8.57. The standard InChI is InChI=1S/C32H32N4O5S/c1-22(37)39-17-15-36(16-18-40-23(2)38)26-8-5-24(6-9-26)7-10-27-11-12-28(42-27)13-14-30-29(21-35)31(25(19-33)20-34)41-32(30,3)4/h5-12H,13-18H2,1-4H3/b10-7+. The van der Waals surface area contributed by atoms with Crippen molar-refractivity contribution in [2.45, 2.75) is 46.1 Å². The average Bonchev–Trinajstić information content (AvgIpc) is 3.51. The lowest BCUT2D eigenvalue weighted by Crippen LogP contribution is -2.31. The van der Waals surface area contributed by atoms with E-state index in [1.807, 2.05) is 73.4 Å². The Morgan fingerprint density at radius 1 is 0.929 bits per heavy atom. The summed E-state index contributed by atoms with van der Waals surface area (Å²) in [5, 5.41) is 28.2. The van der Waals surface area contributed by atoms with Gasteiger partial charge in [-0.3, -0.25) is 9.59 Å². The third-order valence-electron chi connectivity index (χ3n) is 6.51. The molecule has 0 radical (unpaired) electrons. The first-order valence-electron chi connectivity index (χ1n) is 13.3. The molecular formula is C32H32N4O5S. The van der Waals surface area contributed by atoms with Gasteiger partial charge in [0, 0.05) is 29.3 Å². The van der Waals surface area contributed by atoms with Crippen molar-refractivity contribution >= 4 is 41.1 Å². The van der Waals surface area contributed by atoms with E-state index in [0.717, 1.165) is 26.6 Å². The van der Waals surface area contributed by atoms with Crippen LogP contribution < -0.4 is 4.90 Å². The van der Waals surface area contributed by atoms with Crippen molar-refractivity contribution in [3.8, 4) is 18.2 Å². The topological polar surface area (TPSA) is 136 Å². The molecule has 0 aliphatic carbocycles. The number of hydrogen-bond acceptors (Lipinski definition) is 10. The maximum absolute atomic E-state index is 11.1. The first kappa shape index (κ1) is 31.7.